The monoisotopic (exact) mass is 537 g/mol. The number of pyridine rings is 1. The molecule has 10 heteroatoms. The van der Waals surface area contributed by atoms with Gasteiger partial charge in [0.15, 0.2) is 5.75 Å². The second kappa shape index (κ2) is 11.0. The maximum atomic E-state index is 13.5. The zero-order valence-corrected chi connectivity index (χ0v) is 22.5. The predicted molar refractivity (Wildman–Crippen MR) is 147 cm³/mol. The minimum absolute atomic E-state index is 0.0917. The van der Waals surface area contributed by atoms with E-state index >= 15 is 0 Å². The van der Waals surface area contributed by atoms with Crippen LogP contribution in [0.2, 0.25) is 5.02 Å². The molecule has 0 bridgehead atoms. The molecule has 0 spiro atoms. The highest BCUT2D eigenvalue weighted by Crippen LogP contribution is 2.40. The van der Waals surface area contributed by atoms with Crippen LogP contribution >= 0.6 is 11.6 Å². The Morgan fingerprint density at radius 3 is 2.74 bits per heavy atom. The number of nitrogens with zero attached hydrogens (tertiary/aromatic N) is 3. The van der Waals surface area contributed by atoms with Gasteiger partial charge in [0.25, 0.3) is 0 Å². The van der Waals surface area contributed by atoms with Crippen LogP contribution in [0.25, 0.3) is 5.57 Å². The highest BCUT2D eigenvalue weighted by atomic mass is 35.5. The van der Waals surface area contributed by atoms with Crippen LogP contribution in [0.4, 0.5) is 16.2 Å². The van der Waals surface area contributed by atoms with E-state index in [1.165, 1.54) is 39.1 Å². The molecular formula is C28H32ClN5O4. The van der Waals surface area contributed by atoms with E-state index in [1.54, 1.807) is 9.80 Å². The van der Waals surface area contributed by atoms with E-state index in [2.05, 4.69) is 28.0 Å². The van der Waals surface area contributed by atoms with Crippen molar-refractivity contribution in [3.8, 4) is 11.6 Å². The number of fused-ring (bicyclic) bond motifs is 1. The minimum Gasteiger partial charge on any atom is -0.481 e. The number of hydrogen-bond acceptors (Lipinski definition) is 7. The molecule has 2 heterocycles. The zero-order valence-electron chi connectivity index (χ0n) is 21.8. The second-order valence-corrected chi connectivity index (χ2v) is 10.2. The average Bonchev–Trinajstić information content (AvgIpc) is 3.75. The molecule has 5 rings (SSSR count). The molecule has 9 nitrogen and oxygen atoms in total. The molecule has 1 aromatic heterocycles. The fourth-order valence-corrected chi connectivity index (χ4v) is 4.98. The Morgan fingerprint density at radius 2 is 2.00 bits per heavy atom. The Balaban J connectivity index is 1.53. The standard InChI is InChI=1S/C28H32ClN5O4/c1-17-16-33(28(36)38-26-14-27(37-3)30-15-22(26)29)25-13-19(9-12-24(25)34(17)18(2)35)21-7-5-4-6-8-23(21)32-31-20-10-11-20/h5,7,9,12-15,17,20,31-32H,4,6,8,10-11,16H2,1-3H3/t17-/m0/s1. The number of methoxy groups -OCH3 is 1. The Morgan fingerprint density at radius 1 is 1.18 bits per heavy atom. The molecule has 1 aliphatic heterocycles. The first-order valence-electron chi connectivity index (χ1n) is 12.9. The molecule has 1 saturated carbocycles. The van der Waals surface area contributed by atoms with Gasteiger partial charge in [-0.1, -0.05) is 29.8 Å². The van der Waals surface area contributed by atoms with Crippen LogP contribution in [0.5, 0.6) is 11.6 Å². The SMILES string of the molecule is COc1cc(OC(=O)N2C[C@H](C)N(C(C)=O)c3ccc(C4=C(NNC5CC5)CCCC=C4)cc32)c(Cl)cn1. The van der Waals surface area contributed by atoms with Crippen LogP contribution in [-0.2, 0) is 4.79 Å². The number of halogens is 1. The van der Waals surface area contributed by atoms with Crippen molar-refractivity contribution in [1.29, 1.82) is 0 Å². The summed E-state index contributed by atoms with van der Waals surface area (Å²) in [6, 6.07) is 7.59. The van der Waals surface area contributed by atoms with Gasteiger partial charge in [-0.3, -0.25) is 9.69 Å². The first-order valence-corrected chi connectivity index (χ1v) is 13.3. The number of amides is 2. The molecule has 2 N–H and O–H groups in total. The summed E-state index contributed by atoms with van der Waals surface area (Å²) in [5.74, 6) is 0.336. The number of carbonyl (C=O) groups is 2. The number of anilines is 2. The minimum atomic E-state index is -0.604. The quantitative estimate of drug-likeness (QED) is 0.488. The molecule has 3 aliphatic rings. The van der Waals surface area contributed by atoms with Crippen molar-refractivity contribution in [1.82, 2.24) is 15.8 Å². The van der Waals surface area contributed by atoms with Crippen molar-refractivity contribution in [3.63, 3.8) is 0 Å². The van der Waals surface area contributed by atoms with Crippen molar-refractivity contribution in [2.75, 3.05) is 23.5 Å². The number of hydrogen-bond donors (Lipinski definition) is 2. The molecule has 200 valence electrons. The predicted octanol–water partition coefficient (Wildman–Crippen LogP) is 5.21. The molecule has 2 aromatic rings. The van der Waals surface area contributed by atoms with Gasteiger partial charge in [0.2, 0.25) is 11.8 Å². The van der Waals surface area contributed by atoms with Crippen LogP contribution in [-0.4, -0.2) is 42.7 Å². The number of ether oxygens (including phenoxy) is 2. The summed E-state index contributed by atoms with van der Waals surface area (Å²) in [4.78, 5) is 33.4. The molecule has 0 radical (unpaired) electrons. The van der Waals surface area contributed by atoms with Crippen molar-refractivity contribution in [2.45, 2.75) is 58.0 Å². The molecule has 1 fully saturated rings. The van der Waals surface area contributed by atoms with Crippen LogP contribution in [0.1, 0.15) is 51.5 Å². The fourth-order valence-electron chi connectivity index (χ4n) is 4.84. The highest BCUT2D eigenvalue weighted by Gasteiger charge is 2.35. The van der Waals surface area contributed by atoms with Gasteiger partial charge in [-0.2, -0.15) is 0 Å². The number of allylic oxidation sites excluding steroid dienone is 4. The number of aromatic nitrogens is 1. The number of carbonyl (C=O) groups excluding carboxylic acids is 2. The molecule has 1 atom stereocenters. The van der Waals surface area contributed by atoms with Crippen molar-refractivity contribution >= 4 is 40.5 Å². The van der Waals surface area contributed by atoms with Gasteiger partial charge in [0.1, 0.15) is 5.02 Å². The van der Waals surface area contributed by atoms with E-state index in [0.717, 1.165) is 36.1 Å². The van der Waals surface area contributed by atoms with Gasteiger partial charge < -0.3 is 19.8 Å². The van der Waals surface area contributed by atoms with Gasteiger partial charge in [-0.25, -0.2) is 15.2 Å². The zero-order chi connectivity index (χ0) is 26.8. The van der Waals surface area contributed by atoms with Gasteiger partial charge in [0.05, 0.1) is 30.7 Å². The maximum absolute atomic E-state index is 13.5. The maximum Gasteiger partial charge on any atom is 0.419 e. The van der Waals surface area contributed by atoms with Crippen LogP contribution in [0.15, 0.2) is 48.3 Å². The van der Waals surface area contributed by atoms with Gasteiger partial charge >= 0.3 is 6.09 Å². The largest absolute Gasteiger partial charge is 0.481 e. The average molecular weight is 538 g/mol. The van der Waals surface area contributed by atoms with E-state index < -0.39 is 6.09 Å². The topological polar surface area (TPSA) is 96.0 Å². The number of nitrogens with one attached hydrogen (secondary N) is 2. The Bertz CT molecular complexity index is 1310. The van der Waals surface area contributed by atoms with Crippen LogP contribution in [0.3, 0.4) is 0 Å². The van der Waals surface area contributed by atoms with E-state index in [4.69, 9.17) is 21.1 Å². The normalized spacial score (nSPS) is 19.1. The van der Waals surface area contributed by atoms with E-state index in [0.29, 0.717) is 17.4 Å². The number of rotatable bonds is 6. The Labute approximate surface area is 227 Å². The van der Waals surface area contributed by atoms with E-state index in [1.807, 2.05) is 25.1 Å². The van der Waals surface area contributed by atoms with Crippen LogP contribution in [0, 0.1) is 0 Å². The number of hydrazine groups is 1. The molecule has 2 aliphatic carbocycles. The van der Waals surface area contributed by atoms with Gasteiger partial charge in [-0.05, 0) is 56.7 Å². The van der Waals surface area contributed by atoms with Gasteiger partial charge in [-0.15, -0.1) is 0 Å². The summed E-state index contributed by atoms with van der Waals surface area (Å²) < 4.78 is 10.9. The number of benzene rings is 1. The highest BCUT2D eigenvalue weighted by molar-refractivity contribution is 6.32. The lowest BCUT2D eigenvalue weighted by molar-refractivity contribution is -0.117. The molecular weight excluding hydrogens is 506 g/mol. The summed E-state index contributed by atoms with van der Waals surface area (Å²) in [6.07, 6.45) is 10.4. The first-order chi connectivity index (χ1) is 18.4. The van der Waals surface area contributed by atoms with E-state index in [9.17, 15) is 9.59 Å². The lowest BCUT2D eigenvalue weighted by atomic mass is 9.98. The summed E-state index contributed by atoms with van der Waals surface area (Å²) in [5.41, 5.74) is 11.2. The summed E-state index contributed by atoms with van der Waals surface area (Å²) in [6.45, 7) is 3.70. The fraction of sp³-hybridized carbons (Fsp3) is 0.393. The molecule has 0 saturated heterocycles. The van der Waals surface area contributed by atoms with Crippen molar-refractivity contribution in [3.05, 3.63) is 58.9 Å². The first kappa shape index (κ1) is 26.1. The smallest absolute Gasteiger partial charge is 0.419 e. The summed E-state index contributed by atoms with van der Waals surface area (Å²) in [5, 5.41) is 0.191. The Kier molecular flexibility index (Phi) is 7.58. The second-order valence-electron chi connectivity index (χ2n) is 9.81. The molecule has 2 amide bonds. The third-order valence-electron chi connectivity index (χ3n) is 6.90. The van der Waals surface area contributed by atoms with Crippen molar-refractivity contribution < 1.29 is 19.1 Å². The van der Waals surface area contributed by atoms with E-state index in [-0.39, 0.29) is 35.1 Å². The lowest BCUT2D eigenvalue weighted by Crippen LogP contribution is -2.52. The van der Waals surface area contributed by atoms with Gasteiger partial charge in [0, 0.05) is 36.8 Å². The third-order valence-corrected chi connectivity index (χ3v) is 7.18. The molecule has 1 aromatic carbocycles. The van der Waals surface area contributed by atoms with Crippen molar-refractivity contribution in [2.24, 2.45) is 0 Å². The lowest BCUT2D eigenvalue weighted by Gasteiger charge is -2.40. The van der Waals surface area contributed by atoms with Crippen LogP contribution < -0.4 is 30.1 Å². The summed E-state index contributed by atoms with van der Waals surface area (Å²) >= 11 is 6.25. The summed E-state index contributed by atoms with van der Waals surface area (Å²) in [7, 11) is 1.47. The third kappa shape index (κ3) is 5.49. The molecule has 0 unspecified atom stereocenters. The Hall–Kier alpha value is -3.56. The molecule has 38 heavy (non-hydrogen) atoms.